The van der Waals surface area contributed by atoms with Crippen LogP contribution in [0, 0.1) is 13.8 Å². The van der Waals surface area contributed by atoms with Gasteiger partial charge in [0.15, 0.2) is 0 Å². The Hall–Kier alpha value is -0.810. The third-order valence-electron chi connectivity index (χ3n) is 6.89. The van der Waals surface area contributed by atoms with Gasteiger partial charge in [-0.1, -0.05) is 12.1 Å². The number of hydrogen-bond acceptors (Lipinski definition) is 4. The molecule has 2 aliphatic rings. The van der Waals surface area contributed by atoms with Gasteiger partial charge in [-0.3, -0.25) is 0 Å². The lowest BCUT2D eigenvalue weighted by atomic mass is 9.69. The summed E-state index contributed by atoms with van der Waals surface area (Å²) in [5, 5.41) is 0. The summed E-state index contributed by atoms with van der Waals surface area (Å²) in [6.07, 6.45) is 0. The van der Waals surface area contributed by atoms with Crippen molar-refractivity contribution in [1.29, 1.82) is 0 Å². The van der Waals surface area contributed by atoms with E-state index in [1.165, 1.54) is 0 Å². The summed E-state index contributed by atoms with van der Waals surface area (Å²) in [6, 6.07) is 4.18. The first-order chi connectivity index (χ1) is 11.7. The van der Waals surface area contributed by atoms with Gasteiger partial charge in [0.1, 0.15) is 0 Å². The Labute approximate surface area is 159 Å². The predicted molar refractivity (Wildman–Crippen MR) is 107 cm³/mol. The van der Waals surface area contributed by atoms with Crippen LogP contribution in [0.4, 0.5) is 0 Å². The fraction of sp³-hybridized carbons (Fsp3) is 0.700. The second kappa shape index (κ2) is 5.84. The van der Waals surface area contributed by atoms with Gasteiger partial charge in [-0.15, -0.1) is 0 Å². The fourth-order valence-corrected chi connectivity index (χ4v) is 3.31. The standard InChI is InChI=1S/C20H32B2O4/c1-13-14(2)16(22-25-19(7,8)20(9,10)26-22)12-11-15(13)21-23-17(3,4)18(5,6)24-21/h11-12H,1-10H3. The second-order valence-corrected chi connectivity index (χ2v) is 9.67. The van der Waals surface area contributed by atoms with Crippen molar-refractivity contribution in [2.45, 2.75) is 91.6 Å². The van der Waals surface area contributed by atoms with Crippen molar-refractivity contribution < 1.29 is 18.6 Å². The zero-order valence-electron chi connectivity index (χ0n) is 17.9. The van der Waals surface area contributed by atoms with Crippen molar-refractivity contribution in [1.82, 2.24) is 0 Å². The third-order valence-corrected chi connectivity index (χ3v) is 6.89. The molecule has 2 fully saturated rings. The molecular weight excluding hydrogens is 326 g/mol. The van der Waals surface area contributed by atoms with Crippen molar-refractivity contribution in [3.8, 4) is 0 Å². The first-order valence-corrected chi connectivity index (χ1v) is 9.50. The summed E-state index contributed by atoms with van der Waals surface area (Å²) < 4.78 is 24.9. The lowest BCUT2D eigenvalue weighted by Crippen LogP contribution is -2.42. The molecule has 1 aromatic rings. The van der Waals surface area contributed by atoms with Gasteiger partial charge >= 0.3 is 14.2 Å². The first-order valence-electron chi connectivity index (χ1n) is 9.50. The summed E-state index contributed by atoms with van der Waals surface area (Å²) in [5.41, 5.74) is 3.09. The smallest absolute Gasteiger partial charge is 0.399 e. The Balaban J connectivity index is 1.92. The molecule has 2 saturated heterocycles. The minimum atomic E-state index is -0.356. The van der Waals surface area contributed by atoms with Crippen LogP contribution >= 0.6 is 0 Å². The van der Waals surface area contributed by atoms with E-state index in [1.807, 2.05) is 0 Å². The molecule has 2 aliphatic heterocycles. The lowest BCUT2D eigenvalue weighted by molar-refractivity contribution is 0.00578. The van der Waals surface area contributed by atoms with Gasteiger partial charge < -0.3 is 18.6 Å². The van der Waals surface area contributed by atoms with Crippen molar-refractivity contribution in [2.24, 2.45) is 0 Å². The molecule has 6 heteroatoms. The maximum Gasteiger partial charge on any atom is 0.495 e. The topological polar surface area (TPSA) is 36.9 Å². The molecule has 2 heterocycles. The van der Waals surface area contributed by atoms with Crippen LogP contribution in [-0.4, -0.2) is 36.6 Å². The van der Waals surface area contributed by atoms with Crippen LogP contribution in [0.15, 0.2) is 12.1 Å². The molecule has 0 aromatic heterocycles. The van der Waals surface area contributed by atoms with E-state index in [0.29, 0.717) is 0 Å². The zero-order chi connectivity index (χ0) is 19.7. The molecule has 0 unspecified atom stereocenters. The highest BCUT2D eigenvalue weighted by molar-refractivity contribution is 6.65. The maximum absolute atomic E-state index is 6.23. The molecule has 1 aromatic carbocycles. The van der Waals surface area contributed by atoms with Gasteiger partial charge in [-0.2, -0.15) is 0 Å². The van der Waals surface area contributed by atoms with E-state index in [1.54, 1.807) is 0 Å². The summed E-state index contributed by atoms with van der Waals surface area (Å²) in [5.74, 6) is 0. The second-order valence-electron chi connectivity index (χ2n) is 9.67. The molecule has 0 bridgehead atoms. The summed E-state index contributed by atoms with van der Waals surface area (Å²) >= 11 is 0. The number of benzene rings is 1. The Bertz CT molecular complexity index is 632. The predicted octanol–water partition coefficient (Wildman–Crippen LogP) is 2.90. The van der Waals surface area contributed by atoms with Gasteiger partial charge in [0.05, 0.1) is 22.4 Å². The Morgan fingerprint density at radius 3 is 1.00 bits per heavy atom. The molecule has 0 aliphatic carbocycles. The SMILES string of the molecule is Cc1c(B2OC(C)(C)C(C)(C)O2)ccc(B2OC(C)(C)C(C)(C)O2)c1C. The van der Waals surface area contributed by atoms with Crippen LogP contribution in [0.5, 0.6) is 0 Å². The molecule has 0 amide bonds. The molecule has 0 saturated carbocycles. The van der Waals surface area contributed by atoms with Crippen LogP contribution < -0.4 is 10.9 Å². The maximum atomic E-state index is 6.23. The lowest BCUT2D eigenvalue weighted by Gasteiger charge is -2.32. The summed E-state index contributed by atoms with van der Waals surface area (Å²) in [4.78, 5) is 0. The monoisotopic (exact) mass is 358 g/mol. The Kier molecular flexibility index (Phi) is 4.48. The van der Waals surface area contributed by atoms with E-state index in [2.05, 4.69) is 81.4 Å². The van der Waals surface area contributed by atoms with Gasteiger partial charge in [0.25, 0.3) is 0 Å². The minimum Gasteiger partial charge on any atom is -0.399 e. The van der Waals surface area contributed by atoms with Crippen molar-refractivity contribution in [3.05, 3.63) is 23.3 Å². The minimum absolute atomic E-state index is 0.345. The van der Waals surface area contributed by atoms with Crippen LogP contribution in [0.1, 0.15) is 66.5 Å². The van der Waals surface area contributed by atoms with E-state index in [0.717, 1.165) is 22.1 Å². The van der Waals surface area contributed by atoms with Crippen molar-refractivity contribution >= 4 is 25.2 Å². The molecular formula is C20H32B2O4. The average molecular weight is 358 g/mol. The van der Waals surface area contributed by atoms with Gasteiger partial charge in [0.2, 0.25) is 0 Å². The Morgan fingerprint density at radius 2 is 0.769 bits per heavy atom. The van der Waals surface area contributed by atoms with E-state index in [4.69, 9.17) is 18.6 Å². The molecule has 0 radical (unpaired) electrons. The van der Waals surface area contributed by atoms with Crippen molar-refractivity contribution in [3.63, 3.8) is 0 Å². The molecule has 4 nitrogen and oxygen atoms in total. The zero-order valence-corrected chi connectivity index (χ0v) is 17.9. The fourth-order valence-electron chi connectivity index (χ4n) is 3.31. The summed E-state index contributed by atoms with van der Waals surface area (Å²) in [6.45, 7) is 20.8. The van der Waals surface area contributed by atoms with Gasteiger partial charge in [0, 0.05) is 0 Å². The number of hydrogen-bond donors (Lipinski definition) is 0. The van der Waals surface area contributed by atoms with E-state index in [-0.39, 0.29) is 36.6 Å². The van der Waals surface area contributed by atoms with E-state index in [9.17, 15) is 0 Å². The van der Waals surface area contributed by atoms with Gasteiger partial charge in [-0.25, -0.2) is 0 Å². The quantitative estimate of drug-likeness (QED) is 0.762. The highest BCUT2D eigenvalue weighted by Crippen LogP contribution is 2.38. The highest BCUT2D eigenvalue weighted by Gasteiger charge is 2.54. The molecule has 142 valence electrons. The van der Waals surface area contributed by atoms with E-state index >= 15 is 0 Å². The van der Waals surface area contributed by atoms with Crippen LogP contribution in [0.3, 0.4) is 0 Å². The van der Waals surface area contributed by atoms with E-state index < -0.39 is 0 Å². The third kappa shape index (κ3) is 2.95. The largest absolute Gasteiger partial charge is 0.495 e. The normalized spacial score (nSPS) is 25.8. The first kappa shape index (κ1) is 19.9. The molecule has 3 rings (SSSR count). The summed E-state index contributed by atoms with van der Waals surface area (Å²) in [7, 11) is -0.711. The van der Waals surface area contributed by atoms with Crippen LogP contribution in [0.25, 0.3) is 0 Å². The van der Waals surface area contributed by atoms with Crippen molar-refractivity contribution in [2.75, 3.05) is 0 Å². The molecule has 0 N–H and O–H groups in total. The molecule has 0 atom stereocenters. The molecule has 26 heavy (non-hydrogen) atoms. The van der Waals surface area contributed by atoms with Crippen LogP contribution in [-0.2, 0) is 18.6 Å². The molecule has 0 spiro atoms. The Morgan fingerprint density at radius 1 is 0.538 bits per heavy atom. The van der Waals surface area contributed by atoms with Gasteiger partial charge in [-0.05, 0) is 91.3 Å². The average Bonchev–Trinajstić information content (AvgIpc) is 2.81. The van der Waals surface area contributed by atoms with Crippen LogP contribution in [0.2, 0.25) is 0 Å². The number of rotatable bonds is 2. The highest BCUT2D eigenvalue weighted by atomic mass is 16.7.